The summed E-state index contributed by atoms with van der Waals surface area (Å²) in [5.74, 6) is 0. The Morgan fingerprint density at radius 1 is 0.283 bits per heavy atom. The number of benzene rings is 10. The molecule has 0 unspecified atom stereocenters. The molecule has 0 N–H and O–H groups in total. The molecule has 0 bridgehead atoms. The second-order valence-corrected chi connectivity index (χ2v) is 15.3. The molecule has 0 fully saturated rings. The predicted molar refractivity (Wildman–Crippen MR) is 255 cm³/mol. The van der Waals surface area contributed by atoms with Crippen LogP contribution in [0.15, 0.2) is 243 Å². The van der Waals surface area contributed by atoms with Crippen LogP contribution in [-0.4, -0.2) is 4.57 Å². The molecule has 11 rings (SSSR count). The highest BCUT2D eigenvalue weighted by atomic mass is 15.2. The van der Waals surface area contributed by atoms with Crippen molar-refractivity contribution in [3.63, 3.8) is 0 Å². The smallest absolute Gasteiger partial charge is 0.0562 e. The van der Waals surface area contributed by atoms with Crippen molar-refractivity contribution in [2.75, 3.05) is 4.90 Å². The number of aromatic nitrogens is 1. The summed E-state index contributed by atoms with van der Waals surface area (Å²) in [6.45, 7) is 0. The van der Waals surface area contributed by atoms with Gasteiger partial charge in [0.15, 0.2) is 0 Å². The minimum absolute atomic E-state index is 1.10. The van der Waals surface area contributed by atoms with Crippen molar-refractivity contribution in [2.24, 2.45) is 0 Å². The molecule has 0 radical (unpaired) electrons. The molecule has 0 aliphatic carbocycles. The molecule has 11 aromatic rings. The lowest BCUT2D eigenvalue weighted by molar-refractivity contribution is 1.18. The topological polar surface area (TPSA) is 8.17 Å². The van der Waals surface area contributed by atoms with Crippen LogP contribution in [0.25, 0.3) is 82.8 Å². The first-order valence-electron chi connectivity index (χ1n) is 20.6. The maximum absolute atomic E-state index is 2.51. The van der Waals surface area contributed by atoms with E-state index in [0.29, 0.717) is 0 Å². The zero-order valence-electron chi connectivity index (χ0n) is 33.0. The van der Waals surface area contributed by atoms with Gasteiger partial charge in [-0.1, -0.05) is 188 Å². The molecule has 2 nitrogen and oxygen atoms in total. The first kappa shape index (κ1) is 35.2. The Balaban J connectivity index is 1.19. The van der Waals surface area contributed by atoms with E-state index in [4.69, 9.17) is 0 Å². The fourth-order valence-corrected chi connectivity index (χ4v) is 8.95. The van der Waals surface area contributed by atoms with Crippen LogP contribution in [0.4, 0.5) is 17.1 Å². The Kier molecular flexibility index (Phi) is 8.87. The summed E-state index contributed by atoms with van der Waals surface area (Å²) in [5, 5.41) is 4.85. The van der Waals surface area contributed by atoms with Gasteiger partial charge in [0.25, 0.3) is 0 Å². The number of para-hydroxylation sites is 3. The van der Waals surface area contributed by atoms with Gasteiger partial charge < -0.3 is 9.47 Å². The Morgan fingerprint density at radius 2 is 0.817 bits per heavy atom. The van der Waals surface area contributed by atoms with Gasteiger partial charge in [-0.25, -0.2) is 0 Å². The summed E-state index contributed by atoms with van der Waals surface area (Å²) < 4.78 is 2.40. The molecule has 0 saturated carbocycles. The fourth-order valence-electron chi connectivity index (χ4n) is 8.95. The van der Waals surface area contributed by atoms with Gasteiger partial charge in [0.2, 0.25) is 0 Å². The molecule has 1 heterocycles. The maximum atomic E-state index is 2.51. The molecule has 0 aliphatic heterocycles. The molecule has 0 atom stereocenters. The normalized spacial score (nSPS) is 11.3. The summed E-state index contributed by atoms with van der Waals surface area (Å²) in [5.41, 5.74) is 16.2. The van der Waals surface area contributed by atoms with Gasteiger partial charge in [0.1, 0.15) is 0 Å². The van der Waals surface area contributed by atoms with Crippen LogP contribution in [0.2, 0.25) is 0 Å². The molecule has 0 saturated heterocycles. The lowest BCUT2D eigenvalue weighted by Gasteiger charge is -2.31. The third-order valence-corrected chi connectivity index (χ3v) is 11.8. The van der Waals surface area contributed by atoms with Crippen LogP contribution in [0.1, 0.15) is 0 Å². The average molecular weight is 765 g/mol. The summed E-state index contributed by atoms with van der Waals surface area (Å²) in [6.07, 6.45) is 0. The van der Waals surface area contributed by atoms with E-state index in [1.54, 1.807) is 0 Å². The van der Waals surface area contributed by atoms with Gasteiger partial charge >= 0.3 is 0 Å². The molecule has 60 heavy (non-hydrogen) atoms. The molecule has 1 aromatic heterocycles. The Hall–Kier alpha value is -7.94. The van der Waals surface area contributed by atoms with Gasteiger partial charge in [-0.15, -0.1) is 0 Å². The molecule has 0 aliphatic rings. The maximum Gasteiger partial charge on any atom is 0.0562 e. The lowest BCUT2D eigenvalue weighted by Crippen LogP contribution is -2.13. The van der Waals surface area contributed by atoms with E-state index < -0.39 is 0 Å². The molecule has 282 valence electrons. The number of hydrogen-bond acceptors (Lipinski definition) is 1. The number of hydrogen-bond donors (Lipinski definition) is 0. The molecule has 10 aromatic carbocycles. The standard InChI is InChI=1S/C58H40N2/c1-4-17-41(18-5-1)43-31-33-44(34-32-43)47-37-38-55(52(40-47)45-20-6-2-7-21-45)60(53-27-14-12-25-50(53)48-36-35-42-19-10-11-22-46(42)39-48)57-30-16-29-56-58(57)51-26-13-15-28-54(51)59(56)49-23-8-3-9-24-49/h1-40H. The first-order valence-corrected chi connectivity index (χ1v) is 20.6. The number of rotatable bonds is 8. The van der Waals surface area contributed by atoms with E-state index in [-0.39, 0.29) is 0 Å². The van der Waals surface area contributed by atoms with Crippen LogP contribution in [-0.2, 0) is 0 Å². The van der Waals surface area contributed by atoms with Crippen molar-refractivity contribution in [3.05, 3.63) is 243 Å². The van der Waals surface area contributed by atoms with Crippen molar-refractivity contribution in [1.29, 1.82) is 0 Å². The minimum Gasteiger partial charge on any atom is -0.309 e. The molecule has 0 spiro atoms. The highest BCUT2D eigenvalue weighted by Crippen LogP contribution is 2.49. The number of nitrogens with zero attached hydrogens (tertiary/aromatic N) is 2. The Bertz CT molecular complexity index is 3290. The van der Waals surface area contributed by atoms with Crippen LogP contribution in [0.3, 0.4) is 0 Å². The summed E-state index contributed by atoms with van der Waals surface area (Å²) in [6, 6.07) is 88.0. The highest BCUT2D eigenvalue weighted by Gasteiger charge is 2.25. The van der Waals surface area contributed by atoms with Crippen molar-refractivity contribution in [3.8, 4) is 50.2 Å². The van der Waals surface area contributed by atoms with Crippen molar-refractivity contribution in [2.45, 2.75) is 0 Å². The largest absolute Gasteiger partial charge is 0.309 e. The minimum atomic E-state index is 1.10. The van der Waals surface area contributed by atoms with E-state index in [1.807, 2.05) is 0 Å². The third kappa shape index (κ3) is 6.23. The van der Waals surface area contributed by atoms with E-state index in [2.05, 4.69) is 252 Å². The van der Waals surface area contributed by atoms with Gasteiger partial charge in [-0.3, -0.25) is 0 Å². The Labute approximate surface area is 350 Å². The Morgan fingerprint density at radius 3 is 1.60 bits per heavy atom. The molecular weight excluding hydrogens is 725 g/mol. The van der Waals surface area contributed by atoms with Crippen LogP contribution < -0.4 is 4.90 Å². The van der Waals surface area contributed by atoms with E-state index >= 15 is 0 Å². The van der Waals surface area contributed by atoms with Gasteiger partial charge in [-0.05, 0) is 98.8 Å². The number of anilines is 3. The second kappa shape index (κ2) is 15.1. The van der Waals surface area contributed by atoms with E-state index in [0.717, 1.165) is 45.0 Å². The van der Waals surface area contributed by atoms with Crippen LogP contribution in [0, 0.1) is 0 Å². The SMILES string of the molecule is c1ccc(-c2ccc(-c3ccc(N(c4ccccc4-c4ccc5ccccc5c4)c4cccc5c4c4ccccc4n5-c4ccccc4)c(-c4ccccc4)c3)cc2)cc1. The van der Waals surface area contributed by atoms with Crippen LogP contribution >= 0.6 is 0 Å². The fraction of sp³-hybridized carbons (Fsp3) is 0. The monoisotopic (exact) mass is 764 g/mol. The summed E-state index contributed by atoms with van der Waals surface area (Å²) >= 11 is 0. The zero-order valence-corrected chi connectivity index (χ0v) is 33.0. The average Bonchev–Trinajstić information content (AvgIpc) is 3.68. The van der Waals surface area contributed by atoms with Gasteiger partial charge in [0.05, 0.1) is 28.1 Å². The van der Waals surface area contributed by atoms with E-state index in [1.165, 1.54) is 54.9 Å². The first-order chi connectivity index (χ1) is 29.8. The molecular formula is C58H40N2. The van der Waals surface area contributed by atoms with Crippen molar-refractivity contribution in [1.82, 2.24) is 4.57 Å². The van der Waals surface area contributed by atoms with Crippen LogP contribution in [0.5, 0.6) is 0 Å². The quantitative estimate of drug-likeness (QED) is 0.150. The van der Waals surface area contributed by atoms with Gasteiger partial charge in [0, 0.05) is 27.6 Å². The van der Waals surface area contributed by atoms with Crippen molar-refractivity contribution < 1.29 is 0 Å². The molecule has 2 heteroatoms. The van der Waals surface area contributed by atoms with Gasteiger partial charge in [-0.2, -0.15) is 0 Å². The number of fused-ring (bicyclic) bond motifs is 4. The van der Waals surface area contributed by atoms with Crippen molar-refractivity contribution >= 4 is 49.6 Å². The molecule has 0 amide bonds. The predicted octanol–water partition coefficient (Wildman–Crippen LogP) is 16.1. The highest BCUT2D eigenvalue weighted by molar-refractivity contribution is 6.17. The summed E-state index contributed by atoms with van der Waals surface area (Å²) in [7, 11) is 0. The zero-order chi connectivity index (χ0) is 39.8. The van der Waals surface area contributed by atoms with E-state index in [9.17, 15) is 0 Å². The summed E-state index contributed by atoms with van der Waals surface area (Å²) in [4.78, 5) is 2.51. The lowest BCUT2D eigenvalue weighted by atomic mass is 9.94. The second-order valence-electron chi connectivity index (χ2n) is 15.3. The third-order valence-electron chi connectivity index (χ3n) is 11.8.